The van der Waals surface area contributed by atoms with Gasteiger partial charge in [0.2, 0.25) is 0 Å². The summed E-state index contributed by atoms with van der Waals surface area (Å²) in [5.74, 6) is 0.370. The lowest BCUT2D eigenvalue weighted by Crippen LogP contribution is -2.18. The number of thiophene rings is 1. The van der Waals surface area contributed by atoms with Gasteiger partial charge in [-0.1, -0.05) is 36.4 Å². The standard InChI is InChI=1S/C23H18N4O2S/c1-14-18-13-21(30-23(18)27(26-14)17-9-4-3-5-10-17)22(28)25-24-15(2)20-12-16-8-6-7-11-19(16)29-20/h3-13H,1-2H3,(H,25,28)/b24-15+. The van der Waals surface area contributed by atoms with Crippen molar-refractivity contribution in [3.8, 4) is 5.69 Å². The van der Waals surface area contributed by atoms with E-state index in [1.807, 2.05) is 78.3 Å². The average Bonchev–Trinajstić information content (AvgIpc) is 3.47. The second kappa shape index (κ2) is 7.27. The Morgan fingerprint density at radius 3 is 2.67 bits per heavy atom. The van der Waals surface area contributed by atoms with Crippen molar-refractivity contribution in [2.75, 3.05) is 0 Å². The van der Waals surface area contributed by atoms with E-state index in [0.29, 0.717) is 16.3 Å². The summed E-state index contributed by atoms with van der Waals surface area (Å²) in [5, 5.41) is 10.8. The number of nitrogens with one attached hydrogen (secondary N) is 1. The number of carbonyl (C=O) groups excluding carboxylic acids is 1. The number of hydrogen-bond acceptors (Lipinski definition) is 5. The number of amides is 1. The van der Waals surface area contributed by atoms with Crippen LogP contribution in [0, 0.1) is 6.92 Å². The van der Waals surface area contributed by atoms with E-state index < -0.39 is 0 Å². The number of rotatable bonds is 4. The van der Waals surface area contributed by atoms with Gasteiger partial charge in [0.15, 0.2) is 5.76 Å². The number of hydrogen-bond donors (Lipinski definition) is 1. The minimum atomic E-state index is -0.259. The van der Waals surface area contributed by atoms with E-state index in [-0.39, 0.29) is 5.91 Å². The fraction of sp³-hybridized carbons (Fsp3) is 0.0870. The minimum absolute atomic E-state index is 0.259. The molecule has 6 nitrogen and oxygen atoms in total. The summed E-state index contributed by atoms with van der Waals surface area (Å²) < 4.78 is 7.66. The Bertz CT molecular complexity index is 1380. The molecule has 5 rings (SSSR count). The number of aryl methyl sites for hydroxylation is 1. The molecule has 0 atom stereocenters. The van der Waals surface area contributed by atoms with Crippen molar-refractivity contribution in [2.24, 2.45) is 5.10 Å². The van der Waals surface area contributed by atoms with E-state index in [0.717, 1.165) is 32.6 Å². The van der Waals surface area contributed by atoms with E-state index in [1.54, 1.807) is 6.92 Å². The van der Waals surface area contributed by atoms with E-state index in [9.17, 15) is 4.79 Å². The second-order valence-electron chi connectivity index (χ2n) is 6.95. The zero-order valence-corrected chi connectivity index (χ0v) is 17.2. The Morgan fingerprint density at radius 1 is 1.10 bits per heavy atom. The maximum absolute atomic E-state index is 12.7. The van der Waals surface area contributed by atoms with E-state index in [2.05, 4.69) is 15.6 Å². The predicted molar refractivity (Wildman–Crippen MR) is 120 cm³/mol. The van der Waals surface area contributed by atoms with Gasteiger partial charge in [-0.25, -0.2) is 10.1 Å². The quantitative estimate of drug-likeness (QED) is 0.321. The molecule has 1 N–H and O–H groups in total. The summed E-state index contributed by atoms with van der Waals surface area (Å²) in [4.78, 5) is 14.2. The van der Waals surface area contributed by atoms with E-state index in [4.69, 9.17) is 4.42 Å². The zero-order valence-electron chi connectivity index (χ0n) is 16.4. The summed E-state index contributed by atoms with van der Waals surface area (Å²) in [7, 11) is 0. The van der Waals surface area contributed by atoms with Crippen molar-refractivity contribution < 1.29 is 9.21 Å². The highest BCUT2D eigenvalue weighted by Crippen LogP contribution is 2.30. The maximum atomic E-state index is 12.7. The zero-order chi connectivity index (χ0) is 20.7. The van der Waals surface area contributed by atoms with Crippen LogP contribution >= 0.6 is 11.3 Å². The van der Waals surface area contributed by atoms with Gasteiger partial charge < -0.3 is 4.42 Å². The molecule has 0 aliphatic carbocycles. The largest absolute Gasteiger partial charge is 0.455 e. The topological polar surface area (TPSA) is 72.4 Å². The number of hydrazone groups is 1. The molecule has 148 valence electrons. The fourth-order valence-corrected chi connectivity index (χ4v) is 4.38. The first kappa shape index (κ1) is 18.3. The van der Waals surface area contributed by atoms with Crippen LogP contribution in [0.25, 0.3) is 26.9 Å². The van der Waals surface area contributed by atoms with Crippen molar-refractivity contribution in [3.05, 3.63) is 83.1 Å². The molecule has 2 aromatic carbocycles. The monoisotopic (exact) mass is 414 g/mol. The first-order valence-electron chi connectivity index (χ1n) is 9.48. The number of carbonyl (C=O) groups is 1. The molecule has 30 heavy (non-hydrogen) atoms. The molecule has 0 spiro atoms. The van der Waals surface area contributed by atoms with Crippen molar-refractivity contribution in [1.29, 1.82) is 0 Å². The van der Waals surface area contributed by atoms with Crippen LogP contribution in [0.15, 0.2) is 76.2 Å². The van der Waals surface area contributed by atoms with Gasteiger partial charge in [0.05, 0.1) is 16.3 Å². The Hall–Kier alpha value is -3.71. The number of benzene rings is 2. The molecule has 3 heterocycles. The van der Waals surface area contributed by atoms with Gasteiger partial charge in [-0.2, -0.15) is 10.2 Å². The van der Waals surface area contributed by atoms with Gasteiger partial charge >= 0.3 is 0 Å². The molecule has 0 saturated heterocycles. The lowest BCUT2D eigenvalue weighted by atomic mass is 10.2. The molecule has 1 amide bonds. The average molecular weight is 414 g/mol. The molecule has 0 aliphatic rings. The van der Waals surface area contributed by atoms with Gasteiger partial charge in [-0.05, 0) is 44.2 Å². The number of furan rings is 1. The van der Waals surface area contributed by atoms with E-state index >= 15 is 0 Å². The van der Waals surface area contributed by atoms with Crippen LogP contribution in [0.3, 0.4) is 0 Å². The first-order valence-corrected chi connectivity index (χ1v) is 10.3. The maximum Gasteiger partial charge on any atom is 0.281 e. The summed E-state index contributed by atoms with van der Waals surface area (Å²) >= 11 is 1.39. The van der Waals surface area contributed by atoms with Crippen LogP contribution in [0.5, 0.6) is 0 Å². The van der Waals surface area contributed by atoms with Crippen LogP contribution in [-0.4, -0.2) is 21.4 Å². The third-order valence-corrected chi connectivity index (χ3v) is 5.99. The molecular formula is C23H18N4O2S. The van der Waals surface area contributed by atoms with Crippen LogP contribution in [0.4, 0.5) is 0 Å². The lowest BCUT2D eigenvalue weighted by molar-refractivity contribution is 0.0959. The summed E-state index contributed by atoms with van der Waals surface area (Å²) in [6.07, 6.45) is 0. The van der Waals surface area contributed by atoms with Gasteiger partial charge in [-0.15, -0.1) is 11.3 Å². The molecule has 0 fully saturated rings. The van der Waals surface area contributed by atoms with Crippen LogP contribution in [0.2, 0.25) is 0 Å². The molecule has 5 aromatic rings. The second-order valence-corrected chi connectivity index (χ2v) is 7.98. The minimum Gasteiger partial charge on any atom is -0.455 e. The number of para-hydroxylation sites is 2. The normalized spacial score (nSPS) is 12.0. The van der Waals surface area contributed by atoms with Crippen LogP contribution < -0.4 is 5.43 Å². The smallest absolute Gasteiger partial charge is 0.281 e. The molecule has 0 aliphatic heterocycles. The summed E-state index contributed by atoms with van der Waals surface area (Å²) in [5.41, 5.74) is 5.88. The Balaban J connectivity index is 1.41. The first-order chi connectivity index (χ1) is 14.6. The fourth-order valence-electron chi connectivity index (χ4n) is 3.31. The van der Waals surface area contributed by atoms with Crippen LogP contribution in [0.1, 0.15) is 28.0 Å². The molecule has 0 saturated carbocycles. The van der Waals surface area contributed by atoms with Crippen molar-refractivity contribution in [1.82, 2.24) is 15.2 Å². The molecule has 0 radical (unpaired) electrons. The number of fused-ring (bicyclic) bond motifs is 2. The number of aromatic nitrogens is 2. The summed E-state index contributed by atoms with van der Waals surface area (Å²) in [6, 6.07) is 21.4. The number of nitrogens with zero attached hydrogens (tertiary/aromatic N) is 3. The van der Waals surface area contributed by atoms with Gasteiger partial charge in [-0.3, -0.25) is 4.79 Å². The Labute approximate surface area is 176 Å². The highest BCUT2D eigenvalue weighted by atomic mass is 32.1. The molecular weight excluding hydrogens is 396 g/mol. The van der Waals surface area contributed by atoms with E-state index in [1.165, 1.54) is 11.3 Å². The SMILES string of the molecule is C/C(=N\NC(=O)c1cc2c(C)nn(-c3ccccc3)c2s1)c1cc2ccccc2o1. The van der Waals surface area contributed by atoms with Crippen LogP contribution in [-0.2, 0) is 0 Å². The van der Waals surface area contributed by atoms with Crippen molar-refractivity contribution in [2.45, 2.75) is 13.8 Å². The highest BCUT2D eigenvalue weighted by Gasteiger charge is 2.17. The predicted octanol–water partition coefficient (Wildman–Crippen LogP) is 5.30. The highest BCUT2D eigenvalue weighted by molar-refractivity contribution is 7.20. The van der Waals surface area contributed by atoms with Crippen molar-refractivity contribution >= 4 is 44.1 Å². The lowest BCUT2D eigenvalue weighted by Gasteiger charge is -2.01. The molecule has 0 unspecified atom stereocenters. The molecule has 7 heteroatoms. The third kappa shape index (κ3) is 3.19. The van der Waals surface area contributed by atoms with Gasteiger partial charge in [0.25, 0.3) is 5.91 Å². The summed E-state index contributed by atoms with van der Waals surface area (Å²) in [6.45, 7) is 3.75. The van der Waals surface area contributed by atoms with Crippen molar-refractivity contribution in [3.63, 3.8) is 0 Å². The Kier molecular flexibility index (Phi) is 4.44. The Morgan fingerprint density at radius 2 is 1.87 bits per heavy atom. The molecule has 0 bridgehead atoms. The van der Waals surface area contributed by atoms with Gasteiger partial charge in [0.1, 0.15) is 16.1 Å². The molecule has 3 aromatic heterocycles. The van der Waals surface area contributed by atoms with Gasteiger partial charge in [0, 0.05) is 10.8 Å². The third-order valence-electron chi connectivity index (χ3n) is 4.88.